The molecule has 0 unspecified atom stereocenters. The molecule has 0 fully saturated rings. The second kappa shape index (κ2) is 9.38. The number of ether oxygens (including phenoxy) is 1. The molecule has 3 aromatic carbocycles. The maximum atomic E-state index is 13.4. The smallest absolute Gasteiger partial charge is 0.266 e. The maximum absolute atomic E-state index is 13.4. The van der Waals surface area contributed by atoms with Crippen LogP contribution >= 0.6 is 11.8 Å². The number of fused-ring (bicyclic) bond motifs is 1. The zero-order valence-electron chi connectivity index (χ0n) is 18.2. The molecule has 0 aliphatic heterocycles. The predicted molar refractivity (Wildman–Crippen MR) is 131 cm³/mol. The highest BCUT2D eigenvalue weighted by molar-refractivity contribution is 7.99. The van der Waals surface area contributed by atoms with E-state index in [0.717, 1.165) is 16.8 Å². The van der Waals surface area contributed by atoms with Crippen molar-refractivity contribution in [2.45, 2.75) is 23.9 Å². The minimum Gasteiger partial charge on any atom is -0.493 e. The molecule has 0 spiro atoms. The van der Waals surface area contributed by atoms with Crippen LogP contribution < -0.4 is 15.4 Å². The summed E-state index contributed by atoms with van der Waals surface area (Å²) < 4.78 is 30.2. The minimum atomic E-state index is -3.74. The summed E-state index contributed by atoms with van der Waals surface area (Å²) in [6.07, 6.45) is 0. The first-order valence-corrected chi connectivity index (χ1v) is 12.8. The summed E-state index contributed by atoms with van der Waals surface area (Å²) in [6, 6.07) is 19.2. The molecule has 9 heteroatoms. The molecular weight excluding hydrogens is 458 g/mol. The van der Waals surface area contributed by atoms with Crippen LogP contribution in [0.4, 0.5) is 0 Å². The van der Waals surface area contributed by atoms with Crippen LogP contribution in [0.25, 0.3) is 16.6 Å². The second-order valence-corrected chi connectivity index (χ2v) is 10.1. The molecule has 4 rings (SSSR count). The Balaban J connectivity index is 1.60. The summed E-state index contributed by atoms with van der Waals surface area (Å²) in [5, 5.41) is 6.27. The number of hydrogen-bond acceptors (Lipinski definition) is 6. The third-order valence-corrected chi connectivity index (χ3v) is 6.98. The third kappa shape index (κ3) is 4.95. The number of nitrogens with zero attached hydrogens (tertiary/aromatic N) is 2. The van der Waals surface area contributed by atoms with Gasteiger partial charge in [0.2, 0.25) is 10.0 Å². The van der Waals surface area contributed by atoms with E-state index in [4.69, 9.17) is 14.9 Å². The molecule has 1 aromatic heterocycles. The first kappa shape index (κ1) is 23.0. The molecule has 2 N–H and O–H groups in total. The van der Waals surface area contributed by atoms with E-state index in [1.807, 2.05) is 50.2 Å². The van der Waals surface area contributed by atoms with Gasteiger partial charge in [0.15, 0.2) is 5.16 Å². The van der Waals surface area contributed by atoms with Crippen molar-refractivity contribution < 1.29 is 13.2 Å². The first-order chi connectivity index (χ1) is 15.8. The van der Waals surface area contributed by atoms with Gasteiger partial charge in [0.05, 0.1) is 28.1 Å². The van der Waals surface area contributed by atoms with Gasteiger partial charge in [-0.2, -0.15) is 0 Å². The van der Waals surface area contributed by atoms with Gasteiger partial charge in [0.1, 0.15) is 5.75 Å². The molecule has 0 aliphatic rings. The Hall–Kier alpha value is -3.14. The highest BCUT2D eigenvalue weighted by atomic mass is 32.2. The number of rotatable bonds is 7. The largest absolute Gasteiger partial charge is 0.493 e. The van der Waals surface area contributed by atoms with Crippen molar-refractivity contribution in [1.29, 1.82) is 0 Å². The van der Waals surface area contributed by atoms with Crippen molar-refractivity contribution in [1.82, 2.24) is 9.55 Å². The Morgan fingerprint density at radius 1 is 0.970 bits per heavy atom. The number of thioether (sulfide) groups is 1. The minimum absolute atomic E-state index is 0.0298. The molecule has 33 heavy (non-hydrogen) atoms. The Bertz CT molecular complexity index is 1460. The molecular formula is C24H23N3O4S2. The Labute approximate surface area is 196 Å². The standard InChI is InChI=1S/C24H23N3O4S2/c1-16-6-5-7-17(2)22(16)27-23(28)20-8-3-4-9-21(20)26-24(27)32-15-14-31-18-10-12-19(13-11-18)33(25,29)30/h3-13H,14-15H2,1-2H3,(H2,25,29,30). The zero-order chi connectivity index (χ0) is 23.6. The fraction of sp³-hybridized carbons (Fsp3) is 0.167. The van der Waals surface area contributed by atoms with Gasteiger partial charge in [-0.3, -0.25) is 9.36 Å². The normalized spacial score (nSPS) is 11.6. The number of primary sulfonamides is 1. The summed E-state index contributed by atoms with van der Waals surface area (Å²) >= 11 is 1.43. The number of benzene rings is 3. The lowest BCUT2D eigenvalue weighted by atomic mass is 10.1. The monoisotopic (exact) mass is 481 g/mol. The summed E-state index contributed by atoms with van der Waals surface area (Å²) in [7, 11) is -3.74. The van der Waals surface area contributed by atoms with Gasteiger partial charge in [-0.15, -0.1) is 0 Å². The summed E-state index contributed by atoms with van der Waals surface area (Å²) in [5.41, 5.74) is 3.35. The van der Waals surface area contributed by atoms with E-state index < -0.39 is 10.0 Å². The zero-order valence-corrected chi connectivity index (χ0v) is 19.8. The van der Waals surface area contributed by atoms with Gasteiger partial charge in [0.25, 0.3) is 5.56 Å². The van der Waals surface area contributed by atoms with E-state index in [0.29, 0.717) is 34.2 Å². The quantitative estimate of drug-likeness (QED) is 0.244. The molecule has 0 aliphatic carbocycles. The molecule has 4 aromatic rings. The van der Waals surface area contributed by atoms with Crippen molar-refractivity contribution in [3.63, 3.8) is 0 Å². The van der Waals surface area contributed by atoms with Gasteiger partial charge < -0.3 is 4.74 Å². The Morgan fingerprint density at radius 3 is 2.30 bits per heavy atom. The lowest BCUT2D eigenvalue weighted by Crippen LogP contribution is -2.23. The van der Waals surface area contributed by atoms with Crippen LogP contribution in [0.5, 0.6) is 5.75 Å². The van der Waals surface area contributed by atoms with Crippen molar-refractivity contribution in [2.75, 3.05) is 12.4 Å². The highest BCUT2D eigenvalue weighted by Crippen LogP contribution is 2.25. The summed E-state index contributed by atoms with van der Waals surface area (Å²) in [5.74, 6) is 1.06. The number of nitrogens with two attached hydrogens (primary N) is 1. The molecule has 1 heterocycles. The maximum Gasteiger partial charge on any atom is 0.266 e. The average Bonchev–Trinajstić information content (AvgIpc) is 2.78. The van der Waals surface area contributed by atoms with Crippen molar-refractivity contribution in [3.05, 3.63) is 88.2 Å². The van der Waals surface area contributed by atoms with E-state index in [-0.39, 0.29) is 10.5 Å². The molecule has 0 saturated heterocycles. The fourth-order valence-corrected chi connectivity index (χ4v) is 4.91. The van der Waals surface area contributed by atoms with Crippen LogP contribution in [0.15, 0.2) is 81.6 Å². The summed E-state index contributed by atoms with van der Waals surface area (Å²) in [4.78, 5) is 18.2. The second-order valence-electron chi connectivity index (χ2n) is 7.51. The molecule has 0 radical (unpaired) electrons. The molecule has 7 nitrogen and oxygen atoms in total. The molecule has 0 amide bonds. The van der Waals surface area contributed by atoms with Gasteiger partial charge >= 0.3 is 0 Å². The van der Waals surface area contributed by atoms with Crippen LogP contribution in [-0.4, -0.2) is 30.3 Å². The first-order valence-electron chi connectivity index (χ1n) is 10.2. The lowest BCUT2D eigenvalue weighted by molar-refractivity contribution is 0.343. The van der Waals surface area contributed by atoms with Gasteiger partial charge in [-0.25, -0.2) is 18.5 Å². The van der Waals surface area contributed by atoms with Crippen LogP contribution in [-0.2, 0) is 10.0 Å². The van der Waals surface area contributed by atoms with Crippen LogP contribution in [0.3, 0.4) is 0 Å². The van der Waals surface area contributed by atoms with E-state index >= 15 is 0 Å². The molecule has 0 bridgehead atoms. The van der Waals surface area contributed by atoms with Crippen molar-refractivity contribution in [3.8, 4) is 11.4 Å². The van der Waals surface area contributed by atoms with E-state index in [1.54, 1.807) is 22.8 Å². The number of aromatic nitrogens is 2. The van der Waals surface area contributed by atoms with E-state index in [9.17, 15) is 13.2 Å². The van der Waals surface area contributed by atoms with Gasteiger partial charge in [-0.1, -0.05) is 42.1 Å². The topological polar surface area (TPSA) is 104 Å². The SMILES string of the molecule is Cc1cccc(C)c1-n1c(SCCOc2ccc(S(N)(=O)=O)cc2)nc2ccccc2c1=O. The molecule has 0 saturated carbocycles. The third-order valence-electron chi connectivity index (χ3n) is 5.14. The Kier molecular flexibility index (Phi) is 6.55. The average molecular weight is 482 g/mol. The Morgan fingerprint density at radius 2 is 1.64 bits per heavy atom. The lowest BCUT2D eigenvalue weighted by Gasteiger charge is -2.17. The molecule has 170 valence electrons. The summed E-state index contributed by atoms with van der Waals surface area (Å²) in [6.45, 7) is 4.30. The number of sulfonamides is 1. The number of aryl methyl sites for hydroxylation is 2. The van der Waals surface area contributed by atoms with Crippen molar-refractivity contribution >= 4 is 32.7 Å². The predicted octanol–water partition coefficient (Wildman–Crippen LogP) is 3.82. The van der Waals surface area contributed by atoms with Gasteiger partial charge in [-0.05, 0) is 61.4 Å². The van der Waals surface area contributed by atoms with Crippen LogP contribution in [0.1, 0.15) is 11.1 Å². The van der Waals surface area contributed by atoms with E-state index in [2.05, 4.69) is 0 Å². The number of para-hydroxylation sites is 2. The van der Waals surface area contributed by atoms with E-state index in [1.165, 1.54) is 23.9 Å². The van der Waals surface area contributed by atoms with Gasteiger partial charge in [0, 0.05) is 5.75 Å². The van der Waals surface area contributed by atoms with Crippen LogP contribution in [0.2, 0.25) is 0 Å². The fourth-order valence-electron chi connectivity index (χ4n) is 3.58. The van der Waals surface area contributed by atoms with Crippen molar-refractivity contribution in [2.24, 2.45) is 5.14 Å². The van der Waals surface area contributed by atoms with Crippen LogP contribution in [0, 0.1) is 13.8 Å². The highest BCUT2D eigenvalue weighted by Gasteiger charge is 2.16. The molecule has 0 atom stereocenters. The number of hydrogen-bond donors (Lipinski definition) is 1.